The molecule has 2 heterocycles. The number of aromatic nitrogens is 3. The van der Waals surface area contributed by atoms with E-state index in [4.69, 9.17) is 0 Å². The molecule has 1 N–H and O–H groups in total. The van der Waals surface area contributed by atoms with Gasteiger partial charge in [0.25, 0.3) is 5.56 Å². The second-order valence-electron chi connectivity index (χ2n) is 7.34. The highest BCUT2D eigenvalue weighted by atomic mass is 32.1. The van der Waals surface area contributed by atoms with Crippen molar-refractivity contribution in [3.8, 4) is 11.3 Å². The first kappa shape index (κ1) is 21.6. The number of thiazole rings is 1. The minimum atomic E-state index is -0.675. The Hall–Kier alpha value is -3.66. The van der Waals surface area contributed by atoms with E-state index in [1.807, 2.05) is 0 Å². The maximum atomic E-state index is 13.8. The predicted molar refractivity (Wildman–Crippen MR) is 119 cm³/mol. The first-order valence-corrected chi connectivity index (χ1v) is 10.4. The fourth-order valence-corrected chi connectivity index (χ4v) is 4.17. The van der Waals surface area contributed by atoms with Crippen LogP contribution in [0.1, 0.15) is 11.1 Å². The highest BCUT2D eigenvalue weighted by Crippen LogP contribution is 2.28. The lowest BCUT2D eigenvalue weighted by Crippen LogP contribution is -2.37. The van der Waals surface area contributed by atoms with Crippen LogP contribution in [0, 0.1) is 18.6 Å². The van der Waals surface area contributed by atoms with Gasteiger partial charge in [0, 0.05) is 30.6 Å². The number of anilines is 1. The molecule has 32 heavy (non-hydrogen) atoms. The third-order valence-electron chi connectivity index (χ3n) is 5.26. The lowest BCUT2D eigenvalue weighted by molar-refractivity contribution is -0.115. The highest BCUT2D eigenvalue weighted by molar-refractivity contribution is 7.14. The van der Waals surface area contributed by atoms with E-state index in [1.165, 1.54) is 30.7 Å². The van der Waals surface area contributed by atoms with E-state index >= 15 is 0 Å². The second kappa shape index (κ2) is 8.12. The molecule has 1 amide bonds. The van der Waals surface area contributed by atoms with E-state index in [0.29, 0.717) is 16.8 Å². The van der Waals surface area contributed by atoms with Crippen LogP contribution in [0.3, 0.4) is 0 Å². The van der Waals surface area contributed by atoms with Crippen LogP contribution < -0.4 is 16.6 Å². The molecule has 0 saturated heterocycles. The largest absolute Gasteiger partial charge is 0.330 e. The lowest BCUT2D eigenvalue weighted by atomic mass is 10.1. The van der Waals surface area contributed by atoms with Gasteiger partial charge in [-0.3, -0.25) is 18.7 Å². The molecule has 0 saturated carbocycles. The number of carbonyl (C=O) groups is 1. The first-order valence-electron chi connectivity index (χ1n) is 9.56. The molecule has 0 spiro atoms. The molecule has 0 radical (unpaired) electrons. The van der Waals surface area contributed by atoms with E-state index in [-0.39, 0.29) is 28.1 Å². The number of carbonyl (C=O) groups excluding carboxylic acids is 1. The number of hydrogen-bond donors (Lipinski definition) is 1. The van der Waals surface area contributed by atoms with Gasteiger partial charge < -0.3 is 5.32 Å². The minimum absolute atomic E-state index is 0.0729. The Labute approximate surface area is 184 Å². The van der Waals surface area contributed by atoms with Crippen molar-refractivity contribution >= 4 is 33.3 Å². The summed E-state index contributed by atoms with van der Waals surface area (Å²) in [7, 11) is 2.94. The third kappa shape index (κ3) is 3.73. The highest BCUT2D eigenvalue weighted by Gasteiger charge is 2.16. The van der Waals surface area contributed by atoms with Crippen molar-refractivity contribution < 1.29 is 13.6 Å². The topological polar surface area (TPSA) is 86.0 Å². The zero-order valence-corrected chi connectivity index (χ0v) is 18.2. The Kier molecular flexibility index (Phi) is 5.47. The third-order valence-corrected chi connectivity index (χ3v) is 6.02. The lowest BCUT2D eigenvalue weighted by Gasteiger charge is -2.11. The molecule has 0 aliphatic heterocycles. The van der Waals surface area contributed by atoms with Gasteiger partial charge in [0.05, 0.1) is 23.0 Å². The summed E-state index contributed by atoms with van der Waals surface area (Å²) in [6.45, 7) is 1.35. The number of nitrogens with zero attached hydrogens (tertiary/aromatic N) is 3. The van der Waals surface area contributed by atoms with Gasteiger partial charge in [-0.15, -0.1) is 11.3 Å². The average Bonchev–Trinajstić information content (AvgIpc) is 3.22. The number of nitrogens with one attached hydrogen (secondary N) is 1. The molecule has 7 nitrogen and oxygen atoms in total. The number of amides is 1. The molecule has 10 heteroatoms. The van der Waals surface area contributed by atoms with Crippen molar-refractivity contribution in [1.82, 2.24) is 14.1 Å². The van der Waals surface area contributed by atoms with Gasteiger partial charge in [-0.25, -0.2) is 18.6 Å². The Bertz CT molecular complexity index is 1480. The van der Waals surface area contributed by atoms with Crippen LogP contribution in [0.15, 0.2) is 45.3 Å². The van der Waals surface area contributed by atoms with E-state index < -0.39 is 28.8 Å². The number of hydrogen-bond acceptors (Lipinski definition) is 5. The number of aryl methyl sites for hydroxylation is 1. The van der Waals surface area contributed by atoms with Crippen LogP contribution in [0.25, 0.3) is 22.2 Å². The second-order valence-corrected chi connectivity index (χ2v) is 8.20. The quantitative estimate of drug-likeness (QED) is 0.511. The molecule has 0 unspecified atom stereocenters. The Morgan fingerprint density at radius 1 is 1.12 bits per heavy atom. The maximum Gasteiger partial charge on any atom is 0.330 e. The molecule has 2 aromatic carbocycles. The van der Waals surface area contributed by atoms with Gasteiger partial charge in [0.2, 0.25) is 5.91 Å². The fourth-order valence-electron chi connectivity index (χ4n) is 3.44. The normalized spacial score (nSPS) is 11.2. The van der Waals surface area contributed by atoms with Crippen LogP contribution in [0.5, 0.6) is 0 Å². The average molecular weight is 456 g/mol. The number of benzene rings is 2. The number of fused-ring (bicyclic) bond motifs is 1. The number of halogens is 2. The van der Waals surface area contributed by atoms with Gasteiger partial charge in [-0.05, 0) is 30.7 Å². The van der Waals surface area contributed by atoms with Gasteiger partial charge in [0.1, 0.15) is 11.6 Å². The minimum Gasteiger partial charge on any atom is -0.302 e. The van der Waals surface area contributed by atoms with Gasteiger partial charge >= 0.3 is 5.69 Å². The smallest absolute Gasteiger partial charge is 0.302 e. The zero-order valence-electron chi connectivity index (χ0n) is 17.4. The predicted octanol–water partition coefficient (Wildman–Crippen LogP) is 3.13. The van der Waals surface area contributed by atoms with E-state index in [9.17, 15) is 23.2 Å². The molecule has 0 aliphatic rings. The van der Waals surface area contributed by atoms with Crippen molar-refractivity contribution in [2.75, 3.05) is 5.32 Å². The van der Waals surface area contributed by atoms with Crippen molar-refractivity contribution in [2.45, 2.75) is 13.3 Å². The summed E-state index contributed by atoms with van der Waals surface area (Å²) < 4.78 is 30.0. The fraction of sp³-hybridized carbons (Fsp3) is 0.182. The van der Waals surface area contributed by atoms with Gasteiger partial charge in [0.15, 0.2) is 5.13 Å². The van der Waals surface area contributed by atoms with Crippen LogP contribution >= 0.6 is 11.3 Å². The Morgan fingerprint density at radius 3 is 2.50 bits per heavy atom. The summed E-state index contributed by atoms with van der Waals surface area (Å²) in [5.41, 5.74) is 0.489. The maximum absolute atomic E-state index is 13.8. The van der Waals surface area contributed by atoms with Crippen molar-refractivity contribution in [2.24, 2.45) is 14.1 Å². The van der Waals surface area contributed by atoms with Crippen LogP contribution in [-0.2, 0) is 25.3 Å². The van der Waals surface area contributed by atoms with E-state index in [2.05, 4.69) is 10.3 Å². The molecule has 0 bridgehead atoms. The van der Waals surface area contributed by atoms with Crippen molar-refractivity contribution in [3.05, 3.63) is 79.3 Å². The standard InChI is InChI=1S/C22H18F2N4O3S/c1-11-14(23)7-13(8-15(11)24)16-10-32-21(25-16)26-18(29)9-12-5-4-6-17-19(12)20(30)28(3)22(31)27(17)2/h4-8,10H,9H2,1-3H3,(H,25,26,29). The van der Waals surface area contributed by atoms with E-state index in [1.54, 1.807) is 30.6 Å². The van der Waals surface area contributed by atoms with Gasteiger partial charge in [-0.1, -0.05) is 12.1 Å². The van der Waals surface area contributed by atoms with Crippen LogP contribution in [0.4, 0.5) is 13.9 Å². The Morgan fingerprint density at radius 2 is 1.81 bits per heavy atom. The van der Waals surface area contributed by atoms with Crippen molar-refractivity contribution in [3.63, 3.8) is 0 Å². The first-order chi connectivity index (χ1) is 15.2. The van der Waals surface area contributed by atoms with Gasteiger partial charge in [-0.2, -0.15) is 0 Å². The molecule has 0 atom stereocenters. The molecule has 4 rings (SSSR count). The molecule has 0 aliphatic carbocycles. The SMILES string of the molecule is Cc1c(F)cc(-c2csc(NC(=O)Cc3cccc4c3c(=O)n(C)c(=O)n4C)n2)cc1F. The zero-order chi connectivity index (χ0) is 23.2. The van der Waals surface area contributed by atoms with E-state index in [0.717, 1.165) is 15.9 Å². The molecule has 164 valence electrons. The summed E-state index contributed by atoms with van der Waals surface area (Å²) in [6.07, 6.45) is -0.118. The summed E-state index contributed by atoms with van der Waals surface area (Å²) >= 11 is 1.11. The summed E-state index contributed by atoms with van der Waals surface area (Å²) in [4.78, 5) is 41.7. The van der Waals surface area contributed by atoms with Crippen LogP contribution in [0.2, 0.25) is 0 Å². The van der Waals surface area contributed by atoms with Crippen molar-refractivity contribution in [1.29, 1.82) is 0 Å². The molecule has 4 aromatic rings. The molecular weight excluding hydrogens is 438 g/mol. The van der Waals surface area contributed by atoms with Crippen LogP contribution in [-0.4, -0.2) is 20.0 Å². The summed E-state index contributed by atoms with van der Waals surface area (Å²) in [5.74, 6) is -1.77. The summed E-state index contributed by atoms with van der Waals surface area (Å²) in [6, 6.07) is 7.35. The summed E-state index contributed by atoms with van der Waals surface area (Å²) in [5, 5.41) is 4.78. The number of rotatable bonds is 4. The monoisotopic (exact) mass is 456 g/mol. The molecule has 0 fully saturated rings. The Balaban J connectivity index is 1.60. The molecule has 2 aromatic heterocycles. The molecular formula is C22H18F2N4O3S.